The van der Waals surface area contributed by atoms with Crippen molar-refractivity contribution in [1.29, 1.82) is 0 Å². The standard InChI is InChI=1S/C29H23BrCl2N2O9/c1-43-13-3-5-15(20(36)9-13)22-14-6-7-17-21(18(14)10-28(31)26(41)33(11-30)27(42)29(22,28)32)24(38)34(23(17)37)12-2-4-16(25(39)40)19(35)8-12/h2-6,8-9,17-18,21-22,35-36H,7,10-11H2,1H3,(H,39,40)/t17-,18+,21-,22+,28+,29-/m0/s1. The summed E-state index contributed by atoms with van der Waals surface area (Å²) in [5.41, 5.74) is 0.0692. The predicted octanol–water partition coefficient (Wildman–Crippen LogP) is 3.72. The molecule has 0 bridgehead atoms. The summed E-state index contributed by atoms with van der Waals surface area (Å²) in [6.07, 6.45) is 1.55. The summed E-state index contributed by atoms with van der Waals surface area (Å²) in [5.74, 6) is -8.57. The van der Waals surface area contributed by atoms with E-state index in [-0.39, 0.29) is 35.3 Å². The van der Waals surface area contributed by atoms with Gasteiger partial charge in [0, 0.05) is 23.6 Å². The highest BCUT2D eigenvalue weighted by Gasteiger charge is 2.76. The zero-order valence-electron chi connectivity index (χ0n) is 22.3. The smallest absolute Gasteiger partial charge is 0.339 e. The maximum Gasteiger partial charge on any atom is 0.339 e. The van der Waals surface area contributed by atoms with E-state index >= 15 is 0 Å². The number of carboxylic acids is 1. The monoisotopic (exact) mass is 692 g/mol. The van der Waals surface area contributed by atoms with Crippen LogP contribution in [-0.2, 0) is 19.2 Å². The lowest BCUT2D eigenvalue weighted by atomic mass is 9.56. The molecule has 4 amide bonds. The van der Waals surface area contributed by atoms with Crippen molar-refractivity contribution in [3.05, 3.63) is 59.2 Å². The highest BCUT2D eigenvalue weighted by molar-refractivity contribution is 9.09. The number of aromatic hydroxyl groups is 2. The number of hydrogen-bond donors (Lipinski definition) is 3. The minimum absolute atomic E-state index is 0.0153. The van der Waals surface area contributed by atoms with Crippen molar-refractivity contribution >= 4 is 74.4 Å². The van der Waals surface area contributed by atoms with Crippen molar-refractivity contribution in [2.24, 2.45) is 17.8 Å². The molecule has 2 heterocycles. The molecule has 3 N–H and O–H groups in total. The van der Waals surface area contributed by atoms with E-state index in [0.29, 0.717) is 11.3 Å². The Morgan fingerprint density at radius 3 is 2.35 bits per heavy atom. The van der Waals surface area contributed by atoms with Crippen LogP contribution in [0.1, 0.15) is 34.7 Å². The van der Waals surface area contributed by atoms with Gasteiger partial charge in [-0.2, -0.15) is 0 Å². The lowest BCUT2D eigenvalue weighted by Crippen LogP contribution is -2.60. The second-order valence-corrected chi connectivity index (χ2v) is 12.7. The van der Waals surface area contributed by atoms with Gasteiger partial charge >= 0.3 is 5.97 Å². The third kappa shape index (κ3) is 3.82. The minimum atomic E-state index is -2.08. The normalized spacial score (nSPS) is 31.5. The third-order valence-corrected chi connectivity index (χ3v) is 10.9. The highest BCUT2D eigenvalue weighted by atomic mass is 79.9. The molecule has 2 aliphatic carbocycles. The average molecular weight is 694 g/mol. The van der Waals surface area contributed by atoms with Crippen molar-refractivity contribution < 1.29 is 44.0 Å². The van der Waals surface area contributed by atoms with E-state index in [1.54, 1.807) is 12.1 Å². The summed E-state index contributed by atoms with van der Waals surface area (Å²) in [4.78, 5) is 64.3. The number of anilines is 1. The van der Waals surface area contributed by atoms with Crippen LogP contribution in [-0.4, -0.2) is 72.1 Å². The summed E-state index contributed by atoms with van der Waals surface area (Å²) in [5, 5.41) is 30.6. The molecule has 0 unspecified atom stereocenters. The van der Waals surface area contributed by atoms with E-state index in [4.69, 9.17) is 27.9 Å². The Bertz CT molecular complexity index is 1680. The Morgan fingerprint density at radius 1 is 1.02 bits per heavy atom. The van der Waals surface area contributed by atoms with Crippen molar-refractivity contribution in [2.75, 3.05) is 17.5 Å². The van der Waals surface area contributed by atoms with Crippen LogP contribution >= 0.6 is 39.1 Å². The number of carbonyl (C=O) groups is 5. The van der Waals surface area contributed by atoms with Crippen molar-refractivity contribution in [3.8, 4) is 17.2 Å². The lowest BCUT2D eigenvalue weighted by molar-refractivity contribution is -0.138. The SMILES string of the molecule is COc1ccc([C@H]2C3=CC[C@@H]4C(=O)N(c5ccc(C(=O)O)c(O)c5)C(=O)[C@@H]4[C@@H]3C[C@@]3(Cl)C(=O)N(CBr)C(=O)[C@@]23Cl)c(O)c1. The molecule has 6 rings (SSSR count). The van der Waals surface area contributed by atoms with E-state index in [0.717, 1.165) is 21.9 Å². The van der Waals surface area contributed by atoms with Crippen LogP contribution in [0.25, 0.3) is 0 Å². The molecular weight excluding hydrogens is 671 g/mol. The van der Waals surface area contributed by atoms with Gasteiger partial charge in [0.1, 0.15) is 22.8 Å². The van der Waals surface area contributed by atoms with Crippen molar-refractivity contribution in [2.45, 2.75) is 28.5 Å². The van der Waals surface area contributed by atoms with E-state index in [2.05, 4.69) is 15.9 Å². The van der Waals surface area contributed by atoms with Gasteiger partial charge in [-0.3, -0.25) is 24.1 Å². The fourth-order valence-electron chi connectivity index (χ4n) is 7.09. The van der Waals surface area contributed by atoms with Crippen molar-refractivity contribution in [3.63, 3.8) is 0 Å². The second-order valence-electron chi connectivity index (χ2n) is 10.9. The van der Waals surface area contributed by atoms with E-state index in [1.807, 2.05) is 0 Å². The number of methoxy groups -OCH3 is 1. The van der Waals surface area contributed by atoms with Crippen LogP contribution in [0.15, 0.2) is 48.0 Å². The van der Waals surface area contributed by atoms with Crippen LogP contribution in [0.3, 0.4) is 0 Å². The lowest BCUT2D eigenvalue weighted by Gasteiger charge is -2.50. The molecule has 2 aromatic carbocycles. The number of alkyl halides is 3. The number of nitrogens with zero attached hydrogens (tertiary/aromatic N) is 2. The Morgan fingerprint density at radius 2 is 1.74 bits per heavy atom. The van der Waals surface area contributed by atoms with Gasteiger partial charge in [-0.1, -0.05) is 33.6 Å². The maximum absolute atomic E-state index is 14.0. The molecular formula is C29H23BrCl2N2O9. The molecule has 14 heteroatoms. The number of phenolic OH excluding ortho intramolecular Hbond substituents is 1. The van der Waals surface area contributed by atoms with E-state index in [1.165, 1.54) is 25.3 Å². The number of likely N-dealkylation sites (tertiary alicyclic amines) is 1. The number of ether oxygens (including phenoxy) is 1. The van der Waals surface area contributed by atoms with E-state index < -0.39 is 74.3 Å². The number of carboxylic acid groups (broad SMARTS) is 1. The molecule has 0 radical (unpaired) electrons. The molecule has 0 aromatic heterocycles. The minimum Gasteiger partial charge on any atom is -0.508 e. The number of aromatic carboxylic acids is 1. The molecule has 2 aromatic rings. The van der Waals surface area contributed by atoms with Gasteiger partial charge in [0.15, 0.2) is 9.75 Å². The molecule has 2 aliphatic heterocycles. The van der Waals surface area contributed by atoms with Crippen LogP contribution in [0.5, 0.6) is 17.2 Å². The molecule has 3 fully saturated rings. The first-order valence-corrected chi connectivity index (χ1v) is 15.0. The number of carbonyl (C=O) groups excluding carboxylic acids is 4. The summed E-state index contributed by atoms with van der Waals surface area (Å²) in [6.45, 7) is 0. The van der Waals surface area contributed by atoms with Crippen LogP contribution in [0, 0.1) is 17.8 Å². The Labute approximate surface area is 262 Å². The van der Waals surface area contributed by atoms with Gasteiger partial charge in [0.2, 0.25) is 11.8 Å². The summed E-state index contributed by atoms with van der Waals surface area (Å²) >= 11 is 17.5. The number of allylic oxidation sites excluding steroid dienone is 2. The van der Waals surface area contributed by atoms with Crippen LogP contribution in [0.4, 0.5) is 5.69 Å². The highest BCUT2D eigenvalue weighted by Crippen LogP contribution is 2.66. The molecule has 224 valence electrons. The topological polar surface area (TPSA) is 162 Å². The third-order valence-electron chi connectivity index (χ3n) is 9.03. The first-order chi connectivity index (χ1) is 20.3. The fraction of sp³-hybridized carbons (Fsp3) is 0.345. The molecule has 11 nitrogen and oxygen atoms in total. The van der Waals surface area contributed by atoms with Gasteiger partial charge in [0.05, 0.1) is 30.1 Å². The zero-order valence-corrected chi connectivity index (χ0v) is 25.4. The molecule has 6 atom stereocenters. The summed E-state index contributed by atoms with van der Waals surface area (Å²) < 4.78 is 5.21. The number of phenols is 2. The number of fused-ring (bicyclic) bond motifs is 4. The van der Waals surface area contributed by atoms with Crippen LogP contribution in [0.2, 0.25) is 0 Å². The first kappa shape index (κ1) is 29.5. The van der Waals surface area contributed by atoms with Gasteiger partial charge in [0.25, 0.3) is 11.8 Å². The molecule has 2 saturated heterocycles. The Kier molecular flexibility index (Phi) is 6.83. The Hall–Kier alpha value is -3.61. The zero-order chi connectivity index (χ0) is 31.2. The number of hydrogen-bond acceptors (Lipinski definition) is 8. The number of rotatable bonds is 5. The van der Waals surface area contributed by atoms with Gasteiger partial charge in [-0.25, -0.2) is 9.69 Å². The molecule has 43 heavy (non-hydrogen) atoms. The average Bonchev–Trinajstić information content (AvgIpc) is 3.30. The van der Waals surface area contributed by atoms with Crippen molar-refractivity contribution in [1.82, 2.24) is 4.90 Å². The second kappa shape index (κ2) is 9.96. The number of halogens is 3. The van der Waals surface area contributed by atoms with Gasteiger partial charge in [-0.15, -0.1) is 23.2 Å². The first-order valence-electron chi connectivity index (χ1n) is 13.1. The van der Waals surface area contributed by atoms with Gasteiger partial charge in [-0.05, 0) is 37.0 Å². The number of amides is 4. The van der Waals surface area contributed by atoms with E-state index in [9.17, 15) is 39.3 Å². The van der Waals surface area contributed by atoms with Crippen LogP contribution < -0.4 is 9.64 Å². The number of benzene rings is 2. The molecule has 4 aliphatic rings. The fourth-order valence-corrected chi connectivity index (χ4v) is 8.50. The quantitative estimate of drug-likeness (QED) is 0.183. The summed E-state index contributed by atoms with van der Waals surface area (Å²) in [7, 11) is 1.41. The molecule has 0 spiro atoms. The number of imide groups is 2. The Balaban J connectivity index is 1.50. The van der Waals surface area contributed by atoms with Gasteiger partial charge < -0.3 is 20.1 Å². The largest absolute Gasteiger partial charge is 0.508 e. The maximum atomic E-state index is 14.0. The predicted molar refractivity (Wildman–Crippen MR) is 156 cm³/mol. The molecule has 1 saturated carbocycles. The summed E-state index contributed by atoms with van der Waals surface area (Å²) in [6, 6.07) is 7.79.